The molecule has 0 radical (unpaired) electrons. The summed E-state index contributed by atoms with van der Waals surface area (Å²) in [4.78, 5) is 0. The van der Waals surface area contributed by atoms with E-state index >= 15 is 0 Å². The molecule has 0 aliphatic rings. The predicted molar refractivity (Wildman–Crippen MR) is 258 cm³/mol. The van der Waals surface area contributed by atoms with Gasteiger partial charge in [-0.05, 0) is 169 Å². The molecule has 3 nitrogen and oxygen atoms in total. The van der Waals surface area contributed by atoms with Crippen molar-refractivity contribution in [2.45, 2.75) is 142 Å². The van der Waals surface area contributed by atoms with Crippen LogP contribution in [0.5, 0.6) is 0 Å². The summed E-state index contributed by atoms with van der Waals surface area (Å²) >= 11 is 0. The summed E-state index contributed by atoms with van der Waals surface area (Å²) in [6, 6.07) is 14.1. The van der Waals surface area contributed by atoms with Crippen molar-refractivity contribution < 1.29 is 50.7 Å². The zero-order valence-corrected chi connectivity index (χ0v) is 37.3. The average Bonchev–Trinajstić information content (AvgIpc) is 0.806. The monoisotopic (exact) mass is 832 g/mol. The van der Waals surface area contributed by atoms with Crippen molar-refractivity contribution in [1.82, 2.24) is 0 Å². The maximum absolute atomic E-state index is 8.56. The Morgan fingerprint density at radius 3 is 1.40 bits per heavy atom. The molecule has 3 heterocycles. The minimum Gasteiger partial charge on any atom is -0.201 e. The molecule has 0 bridgehead atoms. The highest BCUT2D eigenvalue weighted by Gasteiger charge is 2.22. The van der Waals surface area contributed by atoms with E-state index in [0.717, 1.165) is 69.7 Å². The molecule has 0 amide bonds. The molecule has 3 aromatic carbocycles. The van der Waals surface area contributed by atoms with E-state index in [-0.39, 0.29) is 33.5 Å². The standard InChI is InChI=1S/C21H30N.C19H26N.C17H22N/c1-13(2)18-10-20(16(6)9-15(18)5)21-11-19(14(3)4)17(7)12-22(21)8;1-12(2)17-8-9-18(13(3)10-17)19-16(6)15(5)14(4)11-20(19)7;1-11-7-8-16(12(2)9-11)17-15(5)14(4)13(3)10-18(17)6/h9-14H,1-8H3;8-12H,1-7H3;7-10H,1-6H3/q3*+1/i1D3,3D3,5D3,7D3,13D,14D;1D3,4D3,12D;1D3,3D3. The SMILES string of the molecule is [2H]C([2H])([2H])c1c[n+](C)c(-c2ccc(C([2H])(C)C([2H])([2H])[2H])cc2C)c(C)c1C.[2H]C([2H])([2H])c1cc(C)c(-c2cc(C([2H])(C)C([2H])([2H])[2H])c(C([2H])([2H])[2H])c[n+]2C)cc1C([2H])(C)C([2H])([2H])[2H].[2H]C([2H])([2H])c1ccc(-c2c(C)c(C)c(C([2H])([2H])[2H])c[n+]2C)c(C)c1. The van der Waals surface area contributed by atoms with Crippen LogP contribution in [0, 0.1) is 82.7 Å². The van der Waals surface area contributed by atoms with Crippen LogP contribution < -0.4 is 13.7 Å². The van der Waals surface area contributed by atoms with E-state index in [1.165, 1.54) is 42.9 Å². The molecule has 3 unspecified atom stereocenters. The molecule has 3 aromatic heterocycles. The second-order valence-electron chi connectivity index (χ2n) is 15.7. The van der Waals surface area contributed by atoms with E-state index in [1.54, 1.807) is 72.8 Å². The Bertz CT molecular complexity index is 3450. The lowest BCUT2D eigenvalue weighted by atomic mass is 9.90. The van der Waals surface area contributed by atoms with Crippen molar-refractivity contribution in [3.63, 3.8) is 0 Å². The van der Waals surface area contributed by atoms with Crippen molar-refractivity contribution in [3.05, 3.63) is 157 Å². The van der Waals surface area contributed by atoms with E-state index in [1.807, 2.05) is 47.7 Å². The van der Waals surface area contributed by atoms with E-state index in [9.17, 15) is 0 Å². The van der Waals surface area contributed by atoms with Gasteiger partial charge in [0.2, 0.25) is 17.1 Å². The third-order valence-electron chi connectivity index (χ3n) is 11.1. The quantitative estimate of drug-likeness (QED) is 0.148. The van der Waals surface area contributed by atoms with Gasteiger partial charge in [-0.3, -0.25) is 0 Å². The normalized spacial score (nSPS) is 22.4. The highest BCUT2D eigenvalue weighted by Crippen LogP contribution is 2.32. The molecule has 0 saturated heterocycles. The number of aryl methyl sites for hydroxylation is 11. The summed E-state index contributed by atoms with van der Waals surface area (Å²) in [6.07, 6.45) is 4.48. The van der Waals surface area contributed by atoms with Gasteiger partial charge in [0.15, 0.2) is 18.6 Å². The highest BCUT2D eigenvalue weighted by atomic mass is 14.9. The fraction of sp³-hybridized carbons (Fsp3) is 0.421. The summed E-state index contributed by atoms with van der Waals surface area (Å²) in [5.41, 5.74) is 9.63. The molecule has 6 rings (SSSR count). The smallest absolute Gasteiger partial charge is 0.201 e. The van der Waals surface area contributed by atoms with Crippen LogP contribution in [0.4, 0.5) is 0 Å². The summed E-state index contributed by atoms with van der Waals surface area (Å²) < 4.78 is 216. The van der Waals surface area contributed by atoms with Gasteiger partial charge in [-0.2, -0.15) is 0 Å². The highest BCUT2D eigenvalue weighted by molar-refractivity contribution is 5.68. The van der Waals surface area contributed by atoms with Gasteiger partial charge in [0.05, 0.1) is 0 Å². The number of nitrogens with zero attached hydrogens (tertiary/aromatic N) is 3. The summed E-state index contributed by atoms with van der Waals surface area (Å²) in [7, 11) is 5.13. The van der Waals surface area contributed by atoms with Gasteiger partial charge in [0, 0.05) is 87.6 Å². The third kappa shape index (κ3) is 10.5. The van der Waals surface area contributed by atoms with Gasteiger partial charge in [-0.15, -0.1) is 0 Å². The molecule has 0 N–H and O–H groups in total. The van der Waals surface area contributed by atoms with Crippen molar-refractivity contribution in [1.29, 1.82) is 0 Å². The van der Waals surface area contributed by atoms with Gasteiger partial charge in [-0.25, -0.2) is 13.7 Å². The Kier molecular flexibility index (Phi) is 7.30. The maximum atomic E-state index is 8.56. The molecule has 6 aromatic rings. The van der Waals surface area contributed by atoms with Gasteiger partial charge < -0.3 is 0 Å². The first-order valence-electron chi connectivity index (χ1n) is 33.1. The fourth-order valence-electron chi connectivity index (χ4n) is 7.40. The Hall–Kier alpha value is -4.89. The number of hydrogen-bond acceptors (Lipinski definition) is 0. The van der Waals surface area contributed by atoms with E-state index in [0.29, 0.717) is 27.8 Å². The first-order chi connectivity index (χ1) is 38.7. The first-order valence-corrected chi connectivity index (χ1v) is 19.6. The maximum Gasteiger partial charge on any atom is 0.215 e. The van der Waals surface area contributed by atoms with E-state index in [4.69, 9.17) is 37.0 Å². The van der Waals surface area contributed by atoms with Crippen LogP contribution in [-0.4, -0.2) is 0 Å². The minimum absolute atomic E-state index is 0.234. The molecular weight excluding hydrogens is 727 g/mol. The zero-order valence-electron chi connectivity index (χ0n) is 64.3. The number of pyridine rings is 3. The van der Waals surface area contributed by atoms with Crippen LogP contribution in [0.25, 0.3) is 33.8 Å². The van der Waals surface area contributed by atoms with Crippen LogP contribution in [0.2, 0.25) is 0 Å². The Labute approximate surface area is 404 Å². The molecule has 60 heavy (non-hydrogen) atoms. The number of aromatic nitrogens is 3. The fourth-order valence-corrected chi connectivity index (χ4v) is 7.40. The minimum atomic E-state index is -2.88. The topological polar surface area (TPSA) is 11.6 Å². The Balaban J connectivity index is 0.000000286. The van der Waals surface area contributed by atoms with Crippen LogP contribution in [-0.2, 0) is 21.1 Å². The summed E-state index contributed by atoms with van der Waals surface area (Å²) in [5, 5.41) is 0. The van der Waals surface area contributed by atoms with E-state index < -0.39 is 72.5 Å². The largest absolute Gasteiger partial charge is 0.215 e. The van der Waals surface area contributed by atoms with Crippen molar-refractivity contribution in [2.24, 2.45) is 21.1 Å². The van der Waals surface area contributed by atoms with Crippen molar-refractivity contribution >= 4 is 0 Å². The molecular formula is C57H78N3+3. The van der Waals surface area contributed by atoms with Crippen LogP contribution in [0.1, 0.15) is 179 Å². The van der Waals surface area contributed by atoms with Gasteiger partial charge in [-0.1, -0.05) is 77.2 Å². The van der Waals surface area contributed by atoms with E-state index in [2.05, 4.69) is 0 Å². The average molecular weight is 832 g/mol. The molecule has 0 aliphatic carbocycles. The molecule has 0 fully saturated rings. The van der Waals surface area contributed by atoms with Gasteiger partial charge in [0.25, 0.3) is 0 Å². The molecule has 0 aliphatic heterocycles. The van der Waals surface area contributed by atoms with Gasteiger partial charge in [0.1, 0.15) is 21.1 Å². The lowest BCUT2D eigenvalue weighted by Crippen LogP contribution is -2.33. The summed E-state index contributed by atoms with van der Waals surface area (Å²) in [6.45, 7) is -3.79. The molecule has 3 heteroatoms. The van der Waals surface area contributed by atoms with Crippen LogP contribution in [0.15, 0.2) is 73.2 Å². The summed E-state index contributed by atoms with van der Waals surface area (Å²) in [5.74, 6) is -6.31. The van der Waals surface area contributed by atoms with Crippen molar-refractivity contribution in [3.8, 4) is 33.8 Å². The number of rotatable bonds is 6. The molecule has 3 atom stereocenters. The van der Waals surface area contributed by atoms with Gasteiger partial charge >= 0.3 is 0 Å². The second-order valence-corrected chi connectivity index (χ2v) is 15.7. The molecule has 318 valence electrons. The lowest BCUT2D eigenvalue weighted by molar-refractivity contribution is -0.661. The first kappa shape index (κ1) is 22.3. The number of benzene rings is 3. The number of hydrogen-bond donors (Lipinski definition) is 0. The van der Waals surface area contributed by atoms with Crippen LogP contribution >= 0.6 is 0 Å². The van der Waals surface area contributed by atoms with Crippen molar-refractivity contribution in [2.75, 3.05) is 0 Å². The Morgan fingerprint density at radius 1 is 0.433 bits per heavy atom. The third-order valence-corrected chi connectivity index (χ3v) is 11.1. The lowest BCUT2D eigenvalue weighted by Gasteiger charge is -2.16. The Morgan fingerprint density at radius 2 is 0.917 bits per heavy atom. The van der Waals surface area contributed by atoms with Crippen LogP contribution in [0.3, 0.4) is 0 Å². The zero-order chi connectivity index (χ0) is 67.8. The second kappa shape index (κ2) is 19.7. The predicted octanol–water partition coefficient (Wildman–Crippen LogP) is 13.6. The molecule has 0 saturated carbocycles. The molecule has 0 spiro atoms.